The highest BCUT2D eigenvalue weighted by atomic mass is 16.5. The molecule has 1 saturated carbocycles. The van der Waals surface area contributed by atoms with E-state index in [0.29, 0.717) is 12.1 Å². The average Bonchev–Trinajstić information content (AvgIpc) is 2.42. The van der Waals surface area contributed by atoms with E-state index in [2.05, 4.69) is 31.0 Å². The summed E-state index contributed by atoms with van der Waals surface area (Å²) >= 11 is 0. The quantitative estimate of drug-likeness (QED) is 0.906. The molecule has 0 heterocycles. The Kier molecular flexibility index (Phi) is 4.83. The Balaban J connectivity index is 2.05. The molecular formula is C16H26N2O. The molecule has 0 saturated heterocycles. The second-order valence-electron chi connectivity index (χ2n) is 5.88. The molecule has 2 N–H and O–H groups in total. The zero-order valence-electron chi connectivity index (χ0n) is 12.3. The van der Waals surface area contributed by atoms with Crippen molar-refractivity contribution in [3.63, 3.8) is 0 Å². The van der Waals surface area contributed by atoms with Gasteiger partial charge in [-0.05, 0) is 38.3 Å². The van der Waals surface area contributed by atoms with Crippen molar-refractivity contribution in [2.45, 2.75) is 44.8 Å². The third-order valence-corrected chi connectivity index (χ3v) is 4.31. The Bertz CT molecular complexity index is 407. The monoisotopic (exact) mass is 262 g/mol. The molecule has 0 spiro atoms. The van der Waals surface area contributed by atoms with Gasteiger partial charge in [0.15, 0.2) is 0 Å². The van der Waals surface area contributed by atoms with E-state index < -0.39 is 0 Å². The number of benzene rings is 1. The Hall–Kier alpha value is -1.06. The molecule has 3 nitrogen and oxygen atoms in total. The Morgan fingerprint density at radius 2 is 2.05 bits per heavy atom. The van der Waals surface area contributed by atoms with E-state index in [4.69, 9.17) is 10.5 Å². The topological polar surface area (TPSA) is 38.5 Å². The molecule has 0 aliphatic heterocycles. The van der Waals surface area contributed by atoms with E-state index in [9.17, 15) is 0 Å². The third kappa shape index (κ3) is 3.48. The predicted molar refractivity (Wildman–Crippen MR) is 79.2 cm³/mol. The molecule has 0 radical (unpaired) electrons. The molecule has 1 fully saturated rings. The van der Waals surface area contributed by atoms with Gasteiger partial charge in [0.2, 0.25) is 0 Å². The summed E-state index contributed by atoms with van der Waals surface area (Å²) in [4.78, 5) is 2.39. The number of hydrogen-bond donors (Lipinski definition) is 1. The van der Waals surface area contributed by atoms with Crippen molar-refractivity contribution in [1.29, 1.82) is 0 Å². The van der Waals surface area contributed by atoms with Crippen LogP contribution in [0.2, 0.25) is 0 Å². The second kappa shape index (κ2) is 6.40. The molecule has 2 rings (SSSR count). The van der Waals surface area contributed by atoms with Crippen molar-refractivity contribution in [3.05, 3.63) is 29.8 Å². The first-order valence-electron chi connectivity index (χ1n) is 7.19. The Labute approximate surface area is 116 Å². The zero-order valence-corrected chi connectivity index (χ0v) is 12.3. The zero-order chi connectivity index (χ0) is 13.8. The fourth-order valence-electron chi connectivity index (χ4n) is 3.10. The van der Waals surface area contributed by atoms with E-state index in [0.717, 1.165) is 24.6 Å². The highest BCUT2D eigenvalue weighted by molar-refractivity contribution is 5.33. The molecule has 3 unspecified atom stereocenters. The molecule has 3 atom stereocenters. The lowest BCUT2D eigenvalue weighted by Crippen LogP contribution is -2.49. The number of ether oxygens (including phenoxy) is 1. The van der Waals surface area contributed by atoms with Gasteiger partial charge in [-0.2, -0.15) is 0 Å². The fraction of sp³-hybridized carbons (Fsp3) is 0.625. The van der Waals surface area contributed by atoms with Crippen LogP contribution in [0, 0.1) is 5.92 Å². The summed E-state index contributed by atoms with van der Waals surface area (Å²) in [6, 6.07) is 9.01. The van der Waals surface area contributed by atoms with Gasteiger partial charge < -0.3 is 10.5 Å². The molecule has 1 aromatic rings. The van der Waals surface area contributed by atoms with Gasteiger partial charge >= 0.3 is 0 Å². The van der Waals surface area contributed by atoms with Crippen molar-refractivity contribution < 1.29 is 4.74 Å². The number of para-hydroxylation sites is 1. The van der Waals surface area contributed by atoms with Crippen LogP contribution in [0.25, 0.3) is 0 Å². The molecule has 19 heavy (non-hydrogen) atoms. The van der Waals surface area contributed by atoms with Crippen LogP contribution in [0.3, 0.4) is 0 Å². The predicted octanol–water partition coefficient (Wildman–Crippen LogP) is 2.64. The first-order chi connectivity index (χ1) is 9.11. The first kappa shape index (κ1) is 14.4. The van der Waals surface area contributed by atoms with Gasteiger partial charge in [-0.25, -0.2) is 0 Å². The maximum absolute atomic E-state index is 6.29. The number of nitrogens with zero attached hydrogens (tertiary/aromatic N) is 1. The van der Waals surface area contributed by atoms with Gasteiger partial charge in [-0.3, -0.25) is 4.90 Å². The maximum atomic E-state index is 6.29. The summed E-state index contributed by atoms with van der Waals surface area (Å²) in [6.07, 6.45) is 3.61. The summed E-state index contributed by atoms with van der Waals surface area (Å²) in [5, 5.41) is 0. The van der Waals surface area contributed by atoms with Gasteiger partial charge in [-0.15, -0.1) is 0 Å². The summed E-state index contributed by atoms with van der Waals surface area (Å²) in [5.41, 5.74) is 7.53. The van der Waals surface area contributed by atoms with E-state index >= 15 is 0 Å². The molecule has 1 aliphatic rings. The standard InChI is InChI=1S/C16H26N2O/c1-12-8-9-14(17)15(10-12)18(2)11-13-6-4-5-7-16(13)19-3/h4-7,12,14-15H,8-11,17H2,1-3H3. The van der Waals surface area contributed by atoms with Crippen molar-refractivity contribution in [3.8, 4) is 5.75 Å². The van der Waals surface area contributed by atoms with Gasteiger partial charge in [0.05, 0.1) is 7.11 Å². The van der Waals surface area contributed by atoms with Crippen molar-refractivity contribution in [1.82, 2.24) is 4.90 Å². The van der Waals surface area contributed by atoms with Crippen LogP contribution in [0.5, 0.6) is 5.75 Å². The van der Waals surface area contributed by atoms with Crippen LogP contribution in [-0.2, 0) is 6.54 Å². The SMILES string of the molecule is COc1ccccc1CN(C)C1CC(C)CCC1N. The molecule has 1 aliphatic carbocycles. The lowest BCUT2D eigenvalue weighted by Gasteiger charge is -2.38. The number of likely N-dealkylation sites (N-methyl/N-ethyl adjacent to an activating group) is 1. The number of hydrogen-bond acceptors (Lipinski definition) is 3. The van der Waals surface area contributed by atoms with Gasteiger partial charge in [0.1, 0.15) is 5.75 Å². The fourth-order valence-corrected chi connectivity index (χ4v) is 3.10. The van der Waals surface area contributed by atoms with E-state index in [1.54, 1.807) is 7.11 Å². The minimum Gasteiger partial charge on any atom is -0.496 e. The third-order valence-electron chi connectivity index (χ3n) is 4.31. The molecule has 0 bridgehead atoms. The minimum absolute atomic E-state index is 0.302. The largest absolute Gasteiger partial charge is 0.496 e. The van der Waals surface area contributed by atoms with Gasteiger partial charge in [0.25, 0.3) is 0 Å². The summed E-state index contributed by atoms with van der Waals surface area (Å²) in [6.45, 7) is 3.23. The van der Waals surface area contributed by atoms with Gasteiger partial charge in [0, 0.05) is 24.2 Å². The smallest absolute Gasteiger partial charge is 0.123 e. The minimum atomic E-state index is 0.302. The Morgan fingerprint density at radius 3 is 2.79 bits per heavy atom. The van der Waals surface area contributed by atoms with E-state index in [1.165, 1.54) is 18.4 Å². The van der Waals surface area contributed by atoms with Gasteiger partial charge in [-0.1, -0.05) is 25.1 Å². The second-order valence-corrected chi connectivity index (χ2v) is 5.88. The van der Waals surface area contributed by atoms with E-state index in [-0.39, 0.29) is 0 Å². The normalized spacial score (nSPS) is 27.5. The molecular weight excluding hydrogens is 236 g/mol. The van der Waals surface area contributed by atoms with E-state index in [1.807, 2.05) is 12.1 Å². The van der Waals surface area contributed by atoms with Crippen LogP contribution >= 0.6 is 0 Å². The summed E-state index contributed by atoms with van der Waals surface area (Å²) in [5.74, 6) is 1.75. The first-order valence-corrected chi connectivity index (χ1v) is 7.19. The maximum Gasteiger partial charge on any atom is 0.123 e. The number of rotatable bonds is 4. The Morgan fingerprint density at radius 1 is 1.32 bits per heavy atom. The lowest BCUT2D eigenvalue weighted by atomic mass is 9.83. The molecule has 106 valence electrons. The van der Waals surface area contributed by atoms with Crippen LogP contribution < -0.4 is 10.5 Å². The molecule has 0 aromatic heterocycles. The van der Waals surface area contributed by atoms with Crippen molar-refractivity contribution in [2.24, 2.45) is 11.7 Å². The van der Waals surface area contributed by atoms with Crippen molar-refractivity contribution in [2.75, 3.05) is 14.2 Å². The highest BCUT2D eigenvalue weighted by Gasteiger charge is 2.29. The number of nitrogens with two attached hydrogens (primary N) is 1. The van der Waals surface area contributed by atoms with Crippen LogP contribution in [0.4, 0.5) is 0 Å². The molecule has 3 heteroatoms. The molecule has 0 amide bonds. The van der Waals surface area contributed by atoms with Crippen LogP contribution in [0.1, 0.15) is 31.7 Å². The van der Waals surface area contributed by atoms with Crippen LogP contribution in [-0.4, -0.2) is 31.1 Å². The summed E-state index contributed by atoms with van der Waals surface area (Å²) in [7, 11) is 3.91. The number of methoxy groups -OCH3 is 1. The average molecular weight is 262 g/mol. The lowest BCUT2D eigenvalue weighted by molar-refractivity contribution is 0.135. The molecule has 1 aromatic carbocycles. The van der Waals surface area contributed by atoms with Crippen molar-refractivity contribution >= 4 is 0 Å². The summed E-state index contributed by atoms with van der Waals surface area (Å²) < 4.78 is 5.42. The van der Waals surface area contributed by atoms with Crippen LogP contribution in [0.15, 0.2) is 24.3 Å². The highest BCUT2D eigenvalue weighted by Crippen LogP contribution is 2.28.